The van der Waals surface area contributed by atoms with E-state index in [1.807, 2.05) is 16.7 Å². The van der Waals surface area contributed by atoms with Gasteiger partial charge in [0.2, 0.25) is 0 Å². The van der Waals surface area contributed by atoms with Gasteiger partial charge in [-0.2, -0.15) is 4.99 Å². The lowest BCUT2D eigenvalue weighted by molar-refractivity contribution is -0.143. The Bertz CT molecular complexity index is 820. The van der Waals surface area contributed by atoms with Crippen LogP contribution in [-0.2, 0) is 20.9 Å². The van der Waals surface area contributed by atoms with Crippen LogP contribution in [0.5, 0.6) is 0 Å². The highest BCUT2D eigenvalue weighted by Crippen LogP contribution is 2.30. The van der Waals surface area contributed by atoms with Crippen molar-refractivity contribution in [1.29, 1.82) is 0 Å². The lowest BCUT2D eigenvalue weighted by atomic mass is 10.3. The van der Waals surface area contributed by atoms with E-state index in [1.165, 1.54) is 11.3 Å². The average Bonchev–Trinajstić information content (AvgIpc) is 3.29. The van der Waals surface area contributed by atoms with E-state index in [1.54, 1.807) is 13.0 Å². The van der Waals surface area contributed by atoms with Crippen LogP contribution in [0.2, 0.25) is 5.02 Å². The molecule has 1 aliphatic carbocycles. The topological polar surface area (TPSA) is 60.7 Å². The van der Waals surface area contributed by atoms with E-state index in [-0.39, 0.29) is 24.2 Å². The minimum atomic E-state index is -0.257. The predicted octanol–water partition coefficient (Wildman–Crippen LogP) is 3.15. The Labute approximate surface area is 142 Å². The van der Waals surface area contributed by atoms with Crippen molar-refractivity contribution in [2.75, 3.05) is 6.61 Å². The van der Waals surface area contributed by atoms with Gasteiger partial charge in [0.15, 0.2) is 4.80 Å². The monoisotopic (exact) mass is 352 g/mol. The molecule has 0 bridgehead atoms. The SMILES string of the molecule is CCOC(=O)CCn1c(=NC(=O)C2CC2)sc2cc(Cl)ccc21. The number of halogens is 1. The van der Waals surface area contributed by atoms with Crippen molar-refractivity contribution in [3.63, 3.8) is 0 Å². The maximum absolute atomic E-state index is 12.0. The first-order valence-electron chi connectivity index (χ1n) is 7.61. The molecule has 1 saturated carbocycles. The molecule has 0 N–H and O–H groups in total. The summed E-state index contributed by atoms with van der Waals surface area (Å²) < 4.78 is 7.82. The summed E-state index contributed by atoms with van der Waals surface area (Å²) in [5.41, 5.74) is 0.922. The lowest BCUT2D eigenvalue weighted by Gasteiger charge is -2.05. The minimum Gasteiger partial charge on any atom is -0.466 e. The smallest absolute Gasteiger partial charge is 0.307 e. The van der Waals surface area contributed by atoms with Crippen LogP contribution < -0.4 is 4.80 Å². The Morgan fingerprint density at radius 1 is 1.43 bits per heavy atom. The third-order valence-electron chi connectivity index (χ3n) is 3.62. The predicted molar refractivity (Wildman–Crippen MR) is 89.4 cm³/mol. The lowest BCUT2D eigenvalue weighted by Crippen LogP contribution is -2.19. The normalized spacial score (nSPS) is 15.1. The first-order valence-corrected chi connectivity index (χ1v) is 8.81. The molecule has 1 fully saturated rings. The molecule has 122 valence electrons. The Morgan fingerprint density at radius 3 is 2.91 bits per heavy atom. The van der Waals surface area contributed by atoms with Crippen molar-refractivity contribution in [1.82, 2.24) is 4.57 Å². The molecule has 1 aromatic heterocycles. The molecule has 1 aromatic carbocycles. The number of carbonyl (C=O) groups excluding carboxylic acids is 2. The molecular formula is C16H17ClN2O3S. The van der Waals surface area contributed by atoms with Crippen LogP contribution in [0.1, 0.15) is 26.2 Å². The van der Waals surface area contributed by atoms with Gasteiger partial charge in [0.1, 0.15) is 0 Å². The summed E-state index contributed by atoms with van der Waals surface area (Å²) in [6, 6.07) is 5.53. The van der Waals surface area contributed by atoms with Crippen molar-refractivity contribution in [2.24, 2.45) is 10.9 Å². The number of amides is 1. The molecule has 0 spiro atoms. The van der Waals surface area contributed by atoms with Gasteiger partial charge in [0, 0.05) is 17.5 Å². The van der Waals surface area contributed by atoms with Crippen LogP contribution in [-0.4, -0.2) is 23.1 Å². The molecule has 1 amide bonds. The van der Waals surface area contributed by atoms with Crippen molar-refractivity contribution < 1.29 is 14.3 Å². The standard InChI is InChI=1S/C16H17ClN2O3S/c1-2-22-14(20)7-8-19-12-6-5-11(17)9-13(12)23-16(19)18-15(21)10-3-4-10/h5-6,9-10H,2-4,7-8H2,1H3. The molecule has 0 saturated heterocycles. The van der Waals surface area contributed by atoms with Gasteiger partial charge < -0.3 is 9.30 Å². The third kappa shape index (κ3) is 3.82. The number of ether oxygens (including phenoxy) is 1. The maximum Gasteiger partial charge on any atom is 0.307 e. The third-order valence-corrected chi connectivity index (χ3v) is 4.90. The maximum atomic E-state index is 12.0. The highest BCUT2D eigenvalue weighted by Gasteiger charge is 2.29. The summed E-state index contributed by atoms with van der Waals surface area (Å²) in [6.07, 6.45) is 2.08. The summed E-state index contributed by atoms with van der Waals surface area (Å²) in [5, 5.41) is 0.636. The highest BCUT2D eigenvalue weighted by molar-refractivity contribution is 7.16. The summed E-state index contributed by atoms with van der Waals surface area (Å²) in [7, 11) is 0. The quantitative estimate of drug-likeness (QED) is 0.776. The number of fused-ring (bicyclic) bond motifs is 1. The van der Waals surface area contributed by atoms with Crippen LogP contribution in [0.15, 0.2) is 23.2 Å². The van der Waals surface area contributed by atoms with Gasteiger partial charge in [0.05, 0.1) is 23.2 Å². The molecule has 0 aliphatic heterocycles. The van der Waals surface area contributed by atoms with Crippen LogP contribution in [0, 0.1) is 5.92 Å². The Morgan fingerprint density at radius 2 is 2.22 bits per heavy atom. The number of aryl methyl sites for hydroxylation is 1. The number of hydrogen-bond acceptors (Lipinski definition) is 4. The molecular weight excluding hydrogens is 336 g/mol. The van der Waals surface area contributed by atoms with Crippen LogP contribution in [0.4, 0.5) is 0 Å². The summed E-state index contributed by atoms with van der Waals surface area (Å²) >= 11 is 7.46. The van der Waals surface area contributed by atoms with E-state index in [0.717, 1.165) is 23.1 Å². The van der Waals surface area contributed by atoms with Gasteiger partial charge in [-0.25, -0.2) is 0 Å². The van der Waals surface area contributed by atoms with Crippen LogP contribution in [0.25, 0.3) is 10.2 Å². The molecule has 2 aromatic rings. The number of carbonyl (C=O) groups is 2. The number of rotatable bonds is 5. The second-order valence-corrected chi connectivity index (χ2v) is 6.87. The highest BCUT2D eigenvalue weighted by atomic mass is 35.5. The van der Waals surface area contributed by atoms with Crippen molar-refractivity contribution in [3.8, 4) is 0 Å². The zero-order valence-corrected chi connectivity index (χ0v) is 14.3. The van der Waals surface area contributed by atoms with Gasteiger partial charge in [0.25, 0.3) is 5.91 Å². The zero-order valence-electron chi connectivity index (χ0n) is 12.8. The fraction of sp³-hybridized carbons (Fsp3) is 0.438. The van der Waals surface area contributed by atoms with Crippen LogP contribution in [0.3, 0.4) is 0 Å². The fourth-order valence-corrected chi connectivity index (χ4v) is 3.64. The van der Waals surface area contributed by atoms with Gasteiger partial charge >= 0.3 is 5.97 Å². The first kappa shape index (κ1) is 16.2. The number of thiazole rings is 1. The Kier molecular flexibility index (Phi) is 4.82. The minimum absolute atomic E-state index is 0.0716. The Balaban J connectivity index is 1.97. The average molecular weight is 353 g/mol. The van der Waals surface area contributed by atoms with E-state index in [9.17, 15) is 9.59 Å². The second kappa shape index (κ2) is 6.84. The molecule has 7 heteroatoms. The number of nitrogens with zero attached hydrogens (tertiary/aromatic N) is 2. The van der Waals surface area contributed by atoms with Crippen molar-refractivity contribution in [3.05, 3.63) is 28.0 Å². The van der Waals surface area contributed by atoms with E-state index < -0.39 is 0 Å². The number of hydrogen-bond donors (Lipinski definition) is 0. The summed E-state index contributed by atoms with van der Waals surface area (Å²) in [4.78, 5) is 28.5. The molecule has 5 nitrogen and oxygen atoms in total. The molecule has 23 heavy (non-hydrogen) atoms. The van der Waals surface area contributed by atoms with Gasteiger partial charge in [-0.1, -0.05) is 22.9 Å². The summed E-state index contributed by atoms with van der Waals surface area (Å²) in [5.74, 6) is -0.261. The van der Waals surface area contributed by atoms with E-state index >= 15 is 0 Å². The molecule has 1 aliphatic rings. The molecule has 0 radical (unpaired) electrons. The second-order valence-electron chi connectivity index (χ2n) is 5.43. The Hall–Kier alpha value is -1.66. The van der Waals surface area contributed by atoms with E-state index in [2.05, 4.69) is 4.99 Å². The fourth-order valence-electron chi connectivity index (χ4n) is 2.30. The summed E-state index contributed by atoms with van der Waals surface area (Å²) in [6.45, 7) is 2.57. The van der Waals surface area contributed by atoms with E-state index in [4.69, 9.17) is 16.3 Å². The molecule has 3 rings (SSSR count). The van der Waals surface area contributed by atoms with Crippen LogP contribution >= 0.6 is 22.9 Å². The number of aromatic nitrogens is 1. The van der Waals surface area contributed by atoms with Gasteiger partial charge in [-0.3, -0.25) is 9.59 Å². The van der Waals surface area contributed by atoms with Crippen molar-refractivity contribution in [2.45, 2.75) is 32.7 Å². The number of esters is 1. The van der Waals surface area contributed by atoms with Gasteiger partial charge in [-0.05, 0) is 38.0 Å². The first-order chi connectivity index (χ1) is 11.1. The van der Waals surface area contributed by atoms with Crippen molar-refractivity contribution >= 4 is 45.0 Å². The van der Waals surface area contributed by atoms with E-state index in [0.29, 0.717) is 23.0 Å². The zero-order chi connectivity index (χ0) is 16.4. The molecule has 1 heterocycles. The molecule has 0 atom stereocenters. The number of benzene rings is 1. The molecule has 0 unspecified atom stereocenters. The largest absolute Gasteiger partial charge is 0.466 e. The van der Waals surface area contributed by atoms with Gasteiger partial charge in [-0.15, -0.1) is 0 Å².